The Kier molecular flexibility index (Phi) is 4.60. The largest absolute Gasteiger partial charge is 0.337 e. The number of nitriles is 1. The highest BCUT2D eigenvalue weighted by Crippen LogP contribution is 2.28. The molecule has 23 heavy (non-hydrogen) atoms. The Labute approximate surface area is 139 Å². The predicted octanol–water partition coefficient (Wildman–Crippen LogP) is 2.68. The predicted molar refractivity (Wildman–Crippen MR) is 90.9 cm³/mol. The van der Waals surface area contributed by atoms with E-state index in [1.165, 1.54) is 0 Å². The third-order valence-corrected chi connectivity index (χ3v) is 5.23. The molecule has 0 saturated heterocycles. The monoisotopic (exact) mass is 328 g/mol. The maximum absolute atomic E-state index is 12.2. The van der Waals surface area contributed by atoms with Crippen molar-refractivity contribution in [1.29, 1.82) is 5.26 Å². The van der Waals surface area contributed by atoms with Gasteiger partial charge in [0, 0.05) is 0 Å². The van der Waals surface area contributed by atoms with Crippen molar-refractivity contribution in [1.82, 2.24) is 15.2 Å². The molecule has 3 rings (SSSR count). The molecule has 120 valence electrons. The number of benzene rings is 1. The van der Waals surface area contributed by atoms with Gasteiger partial charge in [-0.1, -0.05) is 12.1 Å². The molecule has 1 aromatic carbocycles. The molecule has 1 amide bonds. The second-order valence-electron chi connectivity index (χ2n) is 6.20. The van der Waals surface area contributed by atoms with Gasteiger partial charge >= 0.3 is 0 Å². The molecule has 0 bridgehead atoms. The van der Waals surface area contributed by atoms with E-state index in [4.69, 9.17) is 0 Å². The number of hydrogen-bond acceptors (Lipinski definition) is 5. The van der Waals surface area contributed by atoms with Crippen molar-refractivity contribution in [2.24, 2.45) is 0 Å². The van der Waals surface area contributed by atoms with E-state index in [1.807, 2.05) is 30.1 Å². The first-order valence-corrected chi connectivity index (χ1v) is 8.67. The summed E-state index contributed by atoms with van der Waals surface area (Å²) in [6, 6.07) is 10.3. The first-order valence-electron chi connectivity index (χ1n) is 7.85. The number of nitrogens with one attached hydrogen (secondary N) is 1. The van der Waals surface area contributed by atoms with Crippen LogP contribution < -0.4 is 5.32 Å². The van der Waals surface area contributed by atoms with Crippen LogP contribution in [0.3, 0.4) is 0 Å². The van der Waals surface area contributed by atoms with E-state index in [2.05, 4.69) is 22.4 Å². The Hall–Kier alpha value is -1.97. The maximum atomic E-state index is 12.2. The summed E-state index contributed by atoms with van der Waals surface area (Å²) in [5.41, 5.74) is 0.355. The Morgan fingerprint density at radius 2 is 2.17 bits per heavy atom. The first-order chi connectivity index (χ1) is 11.1. The zero-order chi connectivity index (χ0) is 16.3. The van der Waals surface area contributed by atoms with Crippen LogP contribution >= 0.6 is 11.3 Å². The van der Waals surface area contributed by atoms with Gasteiger partial charge in [0.25, 0.3) is 0 Å². The lowest BCUT2D eigenvalue weighted by Gasteiger charge is -2.23. The molecule has 5 nitrogen and oxygen atoms in total. The van der Waals surface area contributed by atoms with Gasteiger partial charge in [-0.15, -0.1) is 11.3 Å². The smallest absolute Gasteiger partial charge is 0.235 e. The fourth-order valence-electron chi connectivity index (χ4n) is 3.07. The minimum absolute atomic E-state index is 0.0861. The third-order valence-electron chi connectivity index (χ3n) is 4.21. The Balaban J connectivity index is 1.57. The number of likely N-dealkylation sites (N-methyl/N-ethyl adjacent to an activating group) is 1. The quantitative estimate of drug-likeness (QED) is 0.916. The fraction of sp³-hybridized carbons (Fsp3) is 0.471. The van der Waals surface area contributed by atoms with Crippen molar-refractivity contribution >= 4 is 27.5 Å². The van der Waals surface area contributed by atoms with Crippen LogP contribution in [-0.2, 0) is 11.3 Å². The average molecular weight is 328 g/mol. The van der Waals surface area contributed by atoms with E-state index in [9.17, 15) is 10.1 Å². The standard InChI is InChI=1S/C17H20N4OS/c1-21(10-15(22)20-17(12-18)8-4-5-9-17)11-16-19-13-6-2-3-7-14(13)23-16/h2-3,6-7H,4-5,8-11H2,1H3,(H,20,22). The molecule has 2 aromatic rings. The summed E-state index contributed by atoms with van der Waals surface area (Å²) in [7, 11) is 1.90. The molecule has 1 aliphatic carbocycles. The van der Waals surface area contributed by atoms with Crippen LogP contribution in [0.15, 0.2) is 24.3 Å². The van der Waals surface area contributed by atoms with Crippen molar-refractivity contribution < 1.29 is 4.79 Å². The number of rotatable bonds is 5. The SMILES string of the molecule is CN(CC(=O)NC1(C#N)CCCC1)Cc1nc2ccccc2s1. The molecule has 1 aromatic heterocycles. The lowest BCUT2D eigenvalue weighted by molar-refractivity contribution is -0.123. The van der Waals surface area contributed by atoms with Gasteiger partial charge in [0.2, 0.25) is 5.91 Å². The Bertz CT molecular complexity index is 709. The van der Waals surface area contributed by atoms with Crippen molar-refractivity contribution in [3.8, 4) is 6.07 Å². The molecule has 0 radical (unpaired) electrons. The van der Waals surface area contributed by atoms with Crippen molar-refractivity contribution in [2.45, 2.75) is 37.8 Å². The summed E-state index contributed by atoms with van der Waals surface area (Å²) in [4.78, 5) is 18.7. The van der Waals surface area contributed by atoms with Crippen molar-refractivity contribution in [3.63, 3.8) is 0 Å². The molecular formula is C17H20N4OS. The molecule has 0 spiro atoms. The Morgan fingerprint density at radius 1 is 1.43 bits per heavy atom. The molecule has 1 saturated carbocycles. The number of fused-ring (bicyclic) bond motifs is 1. The average Bonchev–Trinajstić information content (AvgIpc) is 3.13. The minimum atomic E-state index is -0.645. The van der Waals surface area contributed by atoms with Gasteiger partial charge in [-0.25, -0.2) is 4.98 Å². The van der Waals surface area contributed by atoms with Crippen LogP contribution in [-0.4, -0.2) is 34.9 Å². The molecule has 0 atom stereocenters. The molecule has 1 N–H and O–H groups in total. The summed E-state index contributed by atoms with van der Waals surface area (Å²) >= 11 is 1.65. The number of aromatic nitrogens is 1. The number of amides is 1. The van der Waals surface area contributed by atoms with E-state index in [1.54, 1.807) is 11.3 Å². The highest BCUT2D eigenvalue weighted by atomic mass is 32.1. The van der Waals surface area contributed by atoms with Crippen LogP contribution in [0.4, 0.5) is 0 Å². The van der Waals surface area contributed by atoms with Crippen LogP contribution in [0.2, 0.25) is 0 Å². The number of carbonyl (C=O) groups is 1. The van der Waals surface area contributed by atoms with Gasteiger partial charge in [-0.3, -0.25) is 9.69 Å². The van der Waals surface area contributed by atoms with E-state index >= 15 is 0 Å². The molecule has 1 aliphatic rings. The molecule has 0 aliphatic heterocycles. The lowest BCUT2D eigenvalue weighted by atomic mass is 10.00. The van der Waals surface area contributed by atoms with Crippen LogP contribution in [0.25, 0.3) is 10.2 Å². The topological polar surface area (TPSA) is 69.0 Å². The highest BCUT2D eigenvalue weighted by molar-refractivity contribution is 7.18. The van der Waals surface area contributed by atoms with Crippen LogP contribution in [0.5, 0.6) is 0 Å². The second-order valence-corrected chi connectivity index (χ2v) is 7.31. The van der Waals surface area contributed by atoms with Gasteiger partial charge in [-0.05, 0) is 44.9 Å². The summed E-state index contributed by atoms with van der Waals surface area (Å²) in [6.07, 6.45) is 3.54. The van der Waals surface area contributed by atoms with Gasteiger partial charge < -0.3 is 5.32 Å². The summed E-state index contributed by atoms with van der Waals surface area (Å²) < 4.78 is 1.16. The van der Waals surface area contributed by atoms with Crippen molar-refractivity contribution in [2.75, 3.05) is 13.6 Å². The Morgan fingerprint density at radius 3 is 2.87 bits per heavy atom. The van der Waals surface area contributed by atoms with E-state index in [-0.39, 0.29) is 12.5 Å². The number of hydrogen-bond donors (Lipinski definition) is 1. The molecule has 1 fully saturated rings. The lowest BCUT2D eigenvalue weighted by Crippen LogP contribution is -2.48. The van der Waals surface area contributed by atoms with Gasteiger partial charge in [0.1, 0.15) is 10.5 Å². The normalized spacial score (nSPS) is 16.6. The molecular weight excluding hydrogens is 308 g/mol. The van der Waals surface area contributed by atoms with Crippen LogP contribution in [0.1, 0.15) is 30.7 Å². The van der Waals surface area contributed by atoms with E-state index in [0.717, 1.165) is 40.9 Å². The first kappa shape index (κ1) is 15.9. The zero-order valence-electron chi connectivity index (χ0n) is 13.2. The highest BCUT2D eigenvalue weighted by Gasteiger charge is 2.35. The zero-order valence-corrected chi connectivity index (χ0v) is 14.0. The van der Waals surface area contributed by atoms with Gasteiger partial charge in [0.05, 0.1) is 29.4 Å². The van der Waals surface area contributed by atoms with Crippen LogP contribution in [0, 0.1) is 11.3 Å². The number of thiazole rings is 1. The number of nitrogens with zero attached hydrogens (tertiary/aromatic N) is 3. The van der Waals surface area contributed by atoms with Gasteiger partial charge in [0.15, 0.2) is 0 Å². The summed E-state index contributed by atoms with van der Waals surface area (Å²) in [6.45, 7) is 0.908. The maximum Gasteiger partial charge on any atom is 0.235 e. The molecule has 1 heterocycles. The fourth-order valence-corrected chi connectivity index (χ4v) is 4.12. The minimum Gasteiger partial charge on any atom is -0.337 e. The second kappa shape index (κ2) is 6.65. The molecule has 0 unspecified atom stereocenters. The van der Waals surface area contributed by atoms with Gasteiger partial charge in [-0.2, -0.15) is 5.26 Å². The van der Waals surface area contributed by atoms with E-state index in [0.29, 0.717) is 6.54 Å². The summed E-state index contributed by atoms with van der Waals surface area (Å²) in [5, 5.41) is 13.3. The molecule has 6 heteroatoms. The van der Waals surface area contributed by atoms with Crippen molar-refractivity contribution in [3.05, 3.63) is 29.3 Å². The number of para-hydroxylation sites is 1. The van der Waals surface area contributed by atoms with E-state index < -0.39 is 5.54 Å². The number of carbonyl (C=O) groups excluding carboxylic acids is 1. The third kappa shape index (κ3) is 3.69. The summed E-state index contributed by atoms with van der Waals surface area (Å²) in [5.74, 6) is -0.0861.